The predicted octanol–water partition coefficient (Wildman–Crippen LogP) is 3.71. The zero-order valence-corrected chi connectivity index (χ0v) is 12.8. The van der Waals surface area contributed by atoms with Gasteiger partial charge in [-0.2, -0.15) is 13.2 Å². The molecule has 1 N–H and O–H groups in total. The third-order valence-electron chi connectivity index (χ3n) is 3.40. The lowest BCUT2D eigenvalue weighted by molar-refractivity contribution is -0.138. The van der Waals surface area contributed by atoms with Crippen molar-refractivity contribution in [2.24, 2.45) is 0 Å². The Morgan fingerprint density at radius 1 is 1.12 bits per heavy atom. The van der Waals surface area contributed by atoms with Crippen molar-refractivity contribution in [2.75, 3.05) is 7.11 Å². The summed E-state index contributed by atoms with van der Waals surface area (Å²) in [5.41, 5.74) is -0.676. The number of carbonyl (C=O) groups excluding carboxylic acids is 1. The number of para-hydroxylation sites is 1. The van der Waals surface area contributed by atoms with Crippen LogP contribution in [0.25, 0.3) is 0 Å². The minimum atomic E-state index is -4.69. The third-order valence-corrected chi connectivity index (χ3v) is 3.40. The molecular formula is C17H15F4NO2. The van der Waals surface area contributed by atoms with Crippen LogP contribution in [0.4, 0.5) is 17.6 Å². The molecule has 2 rings (SSSR count). The van der Waals surface area contributed by atoms with Crippen molar-refractivity contribution in [1.29, 1.82) is 0 Å². The maximum atomic E-state index is 13.0. The molecule has 128 valence electrons. The van der Waals surface area contributed by atoms with Crippen LogP contribution in [-0.2, 0) is 23.9 Å². The Hall–Kier alpha value is -2.57. The largest absolute Gasteiger partial charge is 0.496 e. The van der Waals surface area contributed by atoms with E-state index in [2.05, 4.69) is 5.32 Å². The fourth-order valence-electron chi connectivity index (χ4n) is 2.25. The molecule has 0 atom stereocenters. The van der Waals surface area contributed by atoms with Crippen LogP contribution in [0.2, 0.25) is 0 Å². The van der Waals surface area contributed by atoms with Gasteiger partial charge < -0.3 is 10.1 Å². The molecule has 0 aliphatic heterocycles. The van der Waals surface area contributed by atoms with Crippen molar-refractivity contribution in [3.8, 4) is 5.75 Å². The van der Waals surface area contributed by atoms with E-state index in [1.165, 1.54) is 7.11 Å². The van der Waals surface area contributed by atoms with E-state index in [4.69, 9.17) is 4.74 Å². The predicted molar refractivity (Wildman–Crippen MR) is 79.9 cm³/mol. The quantitative estimate of drug-likeness (QED) is 0.842. The number of halogens is 4. The molecule has 0 bridgehead atoms. The zero-order valence-electron chi connectivity index (χ0n) is 12.8. The standard InChI is InChI=1S/C17H15F4NO2/c1-24-15-5-3-2-4-11(15)8-16(23)22-10-12-6-7-13(18)9-14(12)17(19,20)21/h2-7,9H,8,10H2,1H3,(H,22,23). The van der Waals surface area contributed by atoms with E-state index in [0.29, 0.717) is 17.4 Å². The number of hydrogen-bond acceptors (Lipinski definition) is 2. The highest BCUT2D eigenvalue weighted by atomic mass is 19.4. The maximum Gasteiger partial charge on any atom is 0.416 e. The molecule has 2 aromatic carbocycles. The normalized spacial score (nSPS) is 11.2. The fourth-order valence-corrected chi connectivity index (χ4v) is 2.25. The van der Waals surface area contributed by atoms with Crippen molar-refractivity contribution in [2.45, 2.75) is 19.1 Å². The molecule has 0 saturated carbocycles. The van der Waals surface area contributed by atoms with Crippen LogP contribution in [0.15, 0.2) is 42.5 Å². The first kappa shape index (κ1) is 17.8. The molecule has 2 aromatic rings. The van der Waals surface area contributed by atoms with Gasteiger partial charge >= 0.3 is 6.18 Å². The average molecular weight is 341 g/mol. The lowest BCUT2D eigenvalue weighted by Gasteiger charge is -2.14. The van der Waals surface area contributed by atoms with Gasteiger partial charge in [0.05, 0.1) is 19.1 Å². The van der Waals surface area contributed by atoms with Gasteiger partial charge in [-0.3, -0.25) is 4.79 Å². The third kappa shape index (κ3) is 4.47. The zero-order chi connectivity index (χ0) is 17.7. The molecule has 0 radical (unpaired) electrons. The topological polar surface area (TPSA) is 38.3 Å². The lowest BCUT2D eigenvalue weighted by Crippen LogP contribution is -2.26. The van der Waals surface area contributed by atoms with Crippen molar-refractivity contribution >= 4 is 5.91 Å². The van der Waals surface area contributed by atoms with Crippen molar-refractivity contribution in [3.63, 3.8) is 0 Å². The highest BCUT2D eigenvalue weighted by molar-refractivity contribution is 5.79. The van der Waals surface area contributed by atoms with Gasteiger partial charge in [-0.15, -0.1) is 0 Å². The second-order valence-electron chi connectivity index (χ2n) is 5.06. The Kier molecular flexibility index (Phi) is 5.43. The van der Waals surface area contributed by atoms with E-state index in [9.17, 15) is 22.4 Å². The molecule has 7 heteroatoms. The van der Waals surface area contributed by atoms with Gasteiger partial charge in [0.1, 0.15) is 11.6 Å². The van der Waals surface area contributed by atoms with Gasteiger partial charge in [-0.25, -0.2) is 4.39 Å². The van der Waals surface area contributed by atoms with Crippen molar-refractivity contribution in [3.05, 3.63) is 65.0 Å². The summed E-state index contributed by atoms with van der Waals surface area (Å²) >= 11 is 0. The summed E-state index contributed by atoms with van der Waals surface area (Å²) < 4.78 is 56.9. The number of rotatable bonds is 5. The van der Waals surface area contributed by atoms with Crippen molar-refractivity contribution in [1.82, 2.24) is 5.32 Å². The molecule has 0 saturated heterocycles. The Morgan fingerprint density at radius 3 is 2.50 bits per heavy atom. The SMILES string of the molecule is COc1ccccc1CC(=O)NCc1ccc(F)cc1C(F)(F)F. The molecule has 0 aliphatic carbocycles. The lowest BCUT2D eigenvalue weighted by atomic mass is 10.1. The first-order chi connectivity index (χ1) is 11.3. The summed E-state index contributed by atoms with van der Waals surface area (Å²) in [5.74, 6) is -0.922. The molecule has 0 fully saturated rings. The van der Waals surface area contributed by atoms with E-state index >= 15 is 0 Å². The number of benzene rings is 2. The number of methoxy groups -OCH3 is 1. The van der Waals surface area contributed by atoms with Crippen LogP contribution >= 0.6 is 0 Å². The van der Waals surface area contributed by atoms with Gasteiger partial charge in [-0.05, 0) is 23.8 Å². The van der Waals surface area contributed by atoms with Crippen LogP contribution in [0, 0.1) is 5.82 Å². The second kappa shape index (κ2) is 7.33. The number of carbonyl (C=O) groups is 1. The summed E-state index contributed by atoms with van der Waals surface area (Å²) in [6.07, 6.45) is -4.72. The van der Waals surface area contributed by atoms with E-state index < -0.39 is 23.5 Å². The summed E-state index contributed by atoms with van der Waals surface area (Å²) in [5, 5.41) is 2.41. The average Bonchev–Trinajstić information content (AvgIpc) is 2.53. The smallest absolute Gasteiger partial charge is 0.416 e. The summed E-state index contributed by atoms with van der Waals surface area (Å²) in [7, 11) is 1.46. The molecule has 0 unspecified atom stereocenters. The second-order valence-corrected chi connectivity index (χ2v) is 5.06. The van der Waals surface area contributed by atoms with E-state index in [1.54, 1.807) is 24.3 Å². The Labute approximate surface area is 136 Å². The van der Waals surface area contributed by atoms with Gasteiger partial charge in [0.2, 0.25) is 5.91 Å². The summed E-state index contributed by atoms with van der Waals surface area (Å²) in [6, 6.07) is 9.21. The molecule has 0 heterocycles. The molecule has 0 aliphatic rings. The molecule has 0 spiro atoms. The fraction of sp³-hybridized carbons (Fsp3) is 0.235. The maximum absolute atomic E-state index is 13.0. The highest BCUT2D eigenvalue weighted by Gasteiger charge is 2.33. The van der Waals surface area contributed by atoms with E-state index in [1.807, 2.05) is 0 Å². The Balaban J connectivity index is 2.07. The number of alkyl halides is 3. The van der Waals surface area contributed by atoms with Crippen LogP contribution in [0.3, 0.4) is 0 Å². The van der Waals surface area contributed by atoms with Crippen molar-refractivity contribution < 1.29 is 27.1 Å². The summed E-state index contributed by atoms with van der Waals surface area (Å²) in [4.78, 5) is 12.0. The number of ether oxygens (including phenoxy) is 1. The number of nitrogens with one attached hydrogen (secondary N) is 1. The minimum Gasteiger partial charge on any atom is -0.496 e. The number of amides is 1. The first-order valence-corrected chi connectivity index (χ1v) is 7.05. The van der Waals surface area contributed by atoms with Gasteiger partial charge in [-0.1, -0.05) is 24.3 Å². The summed E-state index contributed by atoms with van der Waals surface area (Å²) in [6.45, 7) is -0.344. The molecular weight excluding hydrogens is 326 g/mol. The Bertz CT molecular complexity index is 729. The molecule has 1 amide bonds. The van der Waals surface area contributed by atoms with E-state index in [-0.39, 0.29) is 18.5 Å². The molecule has 0 aromatic heterocycles. The molecule has 24 heavy (non-hydrogen) atoms. The highest BCUT2D eigenvalue weighted by Crippen LogP contribution is 2.32. The minimum absolute atomic E-state index is 0.0352. The van der Waals surface area contributed by atoms with Crippen LogP contribution in [-0.4, -0.2) is 13.0 Å². The van der Waals surface area contributed by atoms with Gasteiger partial charge in [0, 0.05) is 12.1 Å². The van der Waals surface area contributed by atoms with Crippen LogP contribution < -0.4 is 10.1 Å². The Morgan fingerprint density at radius 2 is 1.83 bits per heavy atom. The van der Waals surface area contributed by atoms with Gasteiger partial charge in [0.25, 0.3) is 0 Å². The van der Waals surface area contributed by atoms with Crippen LogP contribution in [0.1, 0.15) is 16.7 Å². The van der Waals surface area contributed by atoms with Gasteiger partial charge in [0.15, 0.2) is 0 Å². The monoisotopic (exact) mass is 341 g/mol. The van der Waals surface area contributed by atoms with E-state index in [0.717, 1.165) is 12.1 Å². The number of hydrogen-bond donors (Lipinski definition) is 1. The van der Waals surface area contributed by atoms with Crippen LogP contribution in [0.5, 0.6) is 5.75 Å². The first-order valence-electron chi connectivity index (χ1n) is 7.05. The molecule has 3 nitrogen and oxygen atoms in total.